The number of aliphatic hydroxyl groups excluding tert-OH is 1. The highest BCUT2D eigenvalue weighted by molar-refractivity contribution is 6.17. The Labute approximate surface area is 160 Å². The summed E-state index contributed by atoms with van der Waals surface area (Å²) in [6, 6.07) is 11.2. The zero-order chi connectivity index (χ0) is 20.3. The van der Waals surface area contributed by atoms with Crippen LogP contribution in [0.4, 0.5) is 11.4 Å². The van der Waals surface area contributed by atoms with E-state index in [9.17, 15) is 19.7 Å². The van der Waals surface area contributed by atoms with E-state index in [1.54, 1.807) is 12.1 Å². The highest BCUT2D eigenvalue weighted by Gasteiger charge is 2.31. The molecule has 0 bridgehead atoms. The molecule has 2 aromatic carbocycles. The van der Waals surface area contributed by atoms with Gasteiger partial charge >= 0.3 is 0 Å². The second-order valence-corrected chi connectivity index (χ2v) is 6.04. The average Bonchev–Trinajstić information content (AvgIpc) is 2.91. The Morgan fingerprint density at radius 3 is 2.64 bits per heavy atom. The van der Waals surface area contributed by atoms with Crippen molar-refractivity contribution in [2.45, 2.75) is 6.92 Å². The number of β-amino-alcohol motifs (C(OH)–C–C–N with tert-alkyl or cyclic N) is 1. The van der Waals surface area contributed by atoms with Crippen molar-refractivity contribution >= 4 is 23.2 Å². The lowest BCUT2D eigenvalue weighted by atomic mass is 10.2. The first-order valence-electron chi connectivity index (χ1n) is 8.37. The maximum Gasteiger partial charge on any atom is 0.277 e. The molecule has 0 aromatic heterocycles. The summed E-state index contributed by atoms with van der Waals surface area (Å²) in [4.78, 5) is 35.7. The summed E-state index contributed by atoms with van der Waals surface area (Å²) >= 11 is 0. The number of rotatable bonds is 7. The zero-order valence-electron chi connectivity index (χ0n) is 14.9. The fraction of sp³-hybridized carbons (Fsp3) is 0.158. The molecule has 0 unspecified atom stereocenters. The van der Waals surface area contributed by atoms with E-state index in [4.69, 9.17) is 9.84 Å². The minimum atomic E-state index is -0.619. The van der Waals surface area contributed by atoms with E-state index in [2.05, 4.69) is 5.32 Å². The van der Waals surface area contributed by atoms with Gasteiger partial charge in [-0.25, -0.2) is 0 Å². The van der Waals surface area contributed by atoms with Crippen LogP contribution in [0.25, 0.3) is 0 Å². The number of carbonyl (C=O) groups excluding carboxylic acids is 2. The molecule has 144 valence electrons. The summed E-state index contributed by atoms with van der Waals surface area (Å²) in [6.07, 6.45) is 1.08. The summed E-state index contributed by atoms with van der Waals surface area (Å²) in [5.74, 6) is -0.444. The Kier molecular flexibility index (Phi) is 5.37. The van der Waals surface area contributed by atoms with Gasteiger partial charge < -0.3 is 15.2 Å². The lowest BCUT2D eigenvalue weighted by Crippen LogP contribution is -2.34. The number of nitrogens with one attached hydrogen (secondary N) is 1. The Morgan fingerprint density at radius 2 is 1.96 bits per heavy atom. The predicted molar refractivity (Wildman–Crippen MR) is 99.9 cm³/mol. The van der Waals surface area contributed by atoms with Crippen LogP contribution in [0.3, 0.4) is 0 Å². The number of para-hydroxylation sites is 1. The number of non-ortho nitro benzene ring substituents is 1. The Hall–Kier alpha value is -3.72. The number of hydrogen-bond donors (Lipinski definition) is 2. The van der Waals surface area contributed by atoms with Crippen molar-refractivity contribution in [2.75, 3.05) is 18.5 Å². The quantitative estimate of drug-likeness (QED) is 0.427. The van der Waals surface area contributed by atoms with Crippen LogP contribution in [-0.2, 0) is 9.59 Å². The van der Waals surface area contributed by atoms with Crippen LogP contribution in [0.1, 0.15) is 5.56 Å². The number of amides is 2. The minimum absolute atomic E-state index is 0.0409. The lowest BCUT2D eigenvalue weighted by molar-refractivity contribution is -0.384. The number of aliphatic hydroxyl groups is 1. The van der Waals surface area contributed by atoms with Gasteiger partial charge in [0, 0.05) is 23.9 Å². The number of nitrogens with zero attached hydrogens (tertiary/aromatic N) is 2. The molecule has 0 saturated heterocycles. The molecule has 1 heterocycles. The third kappa shape index (κ3) is 3.99. The van der Waals surface area contributed by atoms with Gasteiger partial charge in [0.15, 0.2) is 0 Å². The second kappa shape index (κ2) is 7.89. The van der Waals surface area contributed by atoms with E-state index >= 15 is 0 Å². The smallest absolute Gasteiger partial charge is 0.277 e. The van der Waals surface area contributed by atoms with Crippen molar-refractivity contribution < 1.29 is 24.4 Å². The summed E-state index contributed by atoms with van der Waals surface area (Å²) in [5.41, 5.74) is 0.789. The van der Waals surface area contributed by atoms with Crippen molar-refractivity contribution in [1.82, 2.24) is 4.90 Å². The van der Waals surface area contributed by atoms with Crippen LogP contribution in [0.2, 0.25) is 0 Å². The van der Waals surface area contributed by atoms with Crippen molar-refractivity contribution in [3.05, 3.63) is 69.9 Å². The van der Waals surface area contributed by atoms with Gasteiger partial charge in [0.2, 0.25) is 0 Å². The number of imide groups is 1. The minimum Gasteiger partial charge on any atom is -0.457 e. The van der Waals surface area contributed by atoms with Gasteiger partial charge in [-0.3, -0.25) is 24.6 Å². The molecule has 0 aliphatic carbocycles. The van der Waals surface area contributed by atoms with Crippen LogP contribution >= 0.6 is 0 Å². The lowest BCUT2D eigenvalue weighted by Gasteiger charge is -2.14. The van der Waals surface area contributed by atoms with Crippen LogP contribution in [0.15, 0.2) is 54.2 Å². The molecule has 2 amide bonds. The normalized spacial score (nSPS) is 13.5. The van der Waals surface area contributed by atoms with E-state index in [-0.39, 0.29) is 36.0 Å². The van der Waals surface area contributed by atoms with Crippen molar-refractivity contribution in [2.24, 2.45) is 0 Å². The maximum absolute atomic E-state index is 12.2. The van der Waals surface area contributed by atoms with Crippen LogP contribution < -0.4 is 10.1 Å². The molecule has 1 aliphatic heterocycles. The molecule has 0 atom stereocenters. The van der Waals surface area contributed by atoms with E-state index in [1.807, 2.05) is 19.1 Å². The number of ether oxygens (including phenoxy) is 1. The predicted octanol–water partition coefficient (Wildman–Crippen LogP) is 2.35. The maximum atomic E-state index is 12.2. The van der Waals surface area contributed by atoms with Gasteiger partial charge in [-0.1, -0.05) is 18.2 Å². The van der Waals surface area contributed by atoms with Crippen molar-refractivity contribution in [3.8, 4) is 11.5 Å². The van der Waals surface area contributed by atoms with Crippen molar-refractivity contribution in [1.29, 1.82) is 0 Å². The topological polar surface area (TPSA) is 122 Å². The first-order chi connectivity index (χ1) is 13.4. The molecule has 0 radical (unpaired) electrons. The molecule has 2 N–H and O–H groups in total. The van der Waals surface area contributed by atoms with Gasteiger partial charge in [-0.2, -0.15) is 0 Å². The molecular formula is C19H17N3O6. The average molecular weight is 383 g/mol. The van der Waals surface area contributed by atoms with Gasteiger partial charge in [0.1, 0.15) is 17.2 Å². The summed E-state index contributed by atoms with van der Waals surface area (Å²) in [7, 11) is 0. The number of aryl methyl sites for hydroxylation is 1. The molecule has 2 aromatic rings. The molecule has 0 saturated carbocycles. The molecule has 0 spiro atoms. The van der Waals surface area contributed by atoms with Gasteiger partial charge in [-0.15, -0.1) is 0 Å². The second-order valence-electron chi connectivity index (χ2n) is 6.04. The number of nitro groups is 1. The van der Waals surface area contributed by atoms with Gasteiger partial charge in [0.05, 0.1) is 24.1 Å². The van der Waals surface area contributed by atoms with Gasteiger partial charge in [-0.05, 0) is 18.6 Å². The third-order valence-corrected chi connectivity index (χ3v) is 4.04. The number of anilines is 1. The fourth-order valence-electron chi connectivity index (χ4n) is 2.68. The van der Waals surface area contributed by atoms with Crippen LogP contribution in [-0.4, -0.2) is 39.9 Å². The summed E-state index contributed by atoms with van der Waals surface area (Å²) < 4.78 is 5.75. The van der Waals surface area contributed by atoms with Crippen LogP contribution in [0.5, 0.6) is 11.5 Å². The third-order valence-electron chi connectivity index (χ3n) is 4.04. The Balaban J connectivity index is 1.89. The van der Waals surface area contributed by atoms with E-state index in [0.717, 1.165) is 16.5 Å². The van der Waals surface area contributed by atoms with Gasteiger partial charge in [0.25, 0.3) is 17.5 Å². The zero-order valence-corrected chi connectivity index (χ0v) is 14.9. The molecule has 1 aliphatic rings. The van der Waals surface area contributed by atoms with E-state index in [1.165, 1.54) is 18.2 Å². The Bertz CT molecular complexity index is 985. The number of hydrogen-bond acceptors (Lipinski definition) is 7. The summed E-state index contributed by atoms with van der Waals surface area (Å²) in [6.45, 7) is 1.36. The standard InChI is InChI=1S/C19H17N3O6/c1-12-4-2-3-5-17(12)28-15-9-13(8-14(10-15)22(26)27)20-16-11-18(24)21(6-7-23)19(16)25/h2-5,8-11,20,23H,6-7H2,1H3. The molecule has 9 nitrogen and oxygen atoms in total. The molecular weight excluding hydrogens is 366 g/mol. The highest BCUT2D eigenvalue weighted by atomic mass is 16.6. The highest BCUT2D eigenvalue weighted by Crippen LogP contribution is 2.32. The summed E-state index contributed by atoms with van der Waals surface area (Å²) in [5, 5.41) is 22.9. The SMILES string of the molecule is Cc1ccccc1Oc1cc(NC2=CC(=O)N(CCO)C2=O)cc([N+](=O)[O-])c1. The first-order valence-corrected chi connectivity index (χ1v) is 8.37. The van der Waals surface area contributed by atoms with E-state index in [0.29, 0.717) is 5.75 Å². The molecule has 3 rings (SSSR count). The number of nitro benzene ring substituents is 1. The number of benzene rings is 2. The largest absolute Gasteiger partial charge is 0.457 e. The molecule has 28 heavy (non-hydrogen) atoms. The van der Waals surface area contributed by atoms with Crippen molar-refractivity contribution in [3.63, 3.8) is 0 Å². The monoisotopic (exact) mass is 383 g/mol. The Morgan fingerprint density at radius 1 is 1.21 bits per heavy atom. The molecule has 0 fully saturated rings. The number of carbonyl (C=O) groups is 2. The molecule has 9 heteroatoms. The van der Waals surface area contributed by atoms with Crippen LogP contribution in [0, 0.1) is 17.0 Å². The fourth-order valence-corrected chi connectivity index (χ4v) is 2.68. The first kappa shape index (κ1) is 19.1. The van der Waals surface area contributed by atoms with E-state index < -0.39 is 16.7 Å².